The molecule has 0 aliphatic rings. The molecule has 0 aliphatic heterocycles. The average Bonchev–Trinajstić information content (AvgIpc) is 3.47. The van der Waals surface area contributed by atoms with Gasteiger partial charge >= 0.3 is 0 Å². The van der Waals surface area contributed by atoms with Gasteiger partial charge in [-0.05, 0) is 54.8 Å². The van der Waals surface area contributed by atoms with Gasteiger partial charge in [0.2, 0.25) is 0 Å². The summed E-state index contributed by atoms with van der Waals surface area (Å²) in [6, 6.07) is 21.0. The molecule has 2 heterocycles. The third-order valence-electron chi connectivity index (χ3n) is 4.74. The second kappa shape index (κ2) is 10.6. The van der Waals surface area contributed by atoms with Gasteiger partial charge in [0.25, 0.3) is 0 Å². The van der Waals surface area contributed by atoms with Crippen LogP contribution in [0.1, 0.15) is 28.0 Å². The number of nitrogens with zero attached hydrogens (tertiary/aromatic N) is 3. The number of benzene rings is 2. The first-order valence-corrected chi connectivity index (χ1v) is 12.0. The van der Waals surface area contributed by atoms with Crippen LogP contribution in [0.25, 0.3) is 5.69 Å². The van der Waals surface area contributed by atoms with E-state index < -0.39 is 6.10 Å². The number of aliphatic hydroxyl groups excluding tert-OH is 1. The summed E-state index contributed by atoms with van der Waals surface area (Å²) < 4.78 is 7.71. The Morgan fingerprint density at radius 1 is 1.09 bits per heavy atom. The Morgan fingerprint density at radius 2 is 1.88 bits per heavy atom. The molecule has 0 unspecified atom stereocenters. The van der Waals surface area contributed by atoms with E-state index in [1.807, 2.05) is 41.0 Å². The van der Waals surface area contributed by atoms with E-state index in [2.05, 4.69) is 21.6 Å². The van der Waals surface area contributed by atoms with Crippen molar-refractivity contribution < 1.29 is 14.6 Å². The first-order valence-electron chi connectivity index (χ1n) is 10.2. The Bertz CT molecular complexity index is 1140. The van der Waals surface area contributed by atoms with Gasteiger partial charge in [-0.3, -0.25) is 9.36 Å². The third-order valence-corrected chi connectivity index (χ3v) is 6.69. The number of Topliss-reactive ketones (excluding diaryl/α,β-unsaturated/α-hetero) is 1. The van der Waals surface area contributed by atoms with Gasteiger partial charge in [0.1, 0.15) is 18.2 Å². The quantitative estimate of drug-likeness (QED) is 0.271. The maximum Gasteiger partial charge on any atom is 0.195 e. The molecule has 0 saturated carbocycles. The van der Waals surface area contributed by atoms with E-state index in [-0.39, 0.29) is 12.4 Å². The molecular formula is C24H23N3O3S2. The van der Waals surface area contributed by atoms with Gasteiger partial charge in [0.15, 0.2) is 10.9 Å². The second-order valence-electron chi connectivity index (χ2n) is 7.18. The second-order valence-corrected chi connectivity index (χ2v) is 9.20. The maximum absolute atomic E-state index is 11.4. The molecule has 4 aromatic rings. The largest absolute Gasteiger partial charge is 0.491 e. The van der Waals surface area contributed by atoms with Crippen molar-refractivity contribution >= 4 is 28.9 Å². The minimum absolute atomic E-state index is 0.00830. The van der Waals surface area contributed by atoms with Crippen molar-refractivity contribution in [2.45, 2.75) is 24.6 Å². The maximum atomic E-state index is 11.4. The summed E-state index contributed by atoms with van der Waals surface area (Å²) in [5, 5.41) is 22.0. The Labute approximate surface area is 194 Å². The lowest BCUT2D eigenvalue weighted by Crippen LogP contribution is -2.20. The molecule has 164 valence electrons. The fourth-order valence-corrected chi connectivity index (χ4v) is 4.69. The van der Waals surface area contributed by atoms with Crippen LogP contribution in [0.15, 0.2) is 77.3 Å². The Hall–Kier alpha value is -2.94. The van der Waals surface area contributed by atoms with E-state index in [0.29, 0.717) is 23.5 Å². The van der Waals surface area contributed by atoms with Gasteiger partial charge in [0, 0.05) is 28.3 Å². The van der Waals surface area contributed by atoms with E-state index >= 15 is 0 Å². The number of aromatic nitrogens is 3. The molecule has 8 heteroatoms. The minimum Gasteiger partial charge on any atom is -0.491 e. The van der Waals surface area contributed by atoms with E-state index in [9.17, 15) is 9.90 Å². The third kappa shape index (κ3) is 5.64. The molecular weight excluding hydrogens is 442 g/mol. The van der Waals surface area contributed by atoms with Crippen molar-refractivity contribution in [3.63, 3.8) is 0 Å². The highest BCUT2D eigenvalue weighted by molar-refractivity contribution is 7.99. The predicted octanol–water partition coefficient (Wildman–Crippen LogP) is 4.65. The number of para-hydroxylation sites is 1. The molecule has 32 heavy (non-hydrogen) atoms. The van der Waals surface area contributed by atoms with Crippen molar-refractivity contribution in [1.82, 2.24) is 14.8 Å². The highest BCUT2D eigenvalue weighted by atomic mass is 32.2. The number of ether oxygens (including phenoxy) is 1. The lowest BCUT2D eigenvalue weighted by molar-refractivity contribution is 0.101. The summed E-state index contributed by atoms with van der Waals surface area (Å²) in [6.45, 7) is 1.67. The zero-order chi connectivity index (χ0) is 22.3. The predicted molar refractivity (Wildman–Crippen MR) is 127 cm³/mol. The van der Waals surface area contributed by atoms with Crippen molar-refractivity contribution in [2.75, 3.05) is 12.4 Å². The number of thioether (sulfide) groups is 1. The van der Waals surface area contributed by atoms with E-state index in [4.69, 9.17) is 4.74 Å². The molecule has 2 aromatic carbocycles. The molecule has 0 spiro atoms. The fourth-order valence-electron chi connectivity index (χ4n) is 3.11. The lowest BCUT2D eigenvalue weighted by atomic mass is 10.1. The lowest BCUT2D eigenvalue weighted by Gasteiger charge is -2.13. The van der Waals surface area contributed by atoms with Crippen LogP contribution in [0, 0.1) is 0 Å². The van der Waals surface area contributed by atoms with Crippen molar-refractivity contribution in [1.29, 1.82) is 0 Å². The van der Waals surface area contributed by atoms with Gasteiger partial charge in [-0.1, -0.05) is 36.0 Å². The number of hydrogen-bond acceptors (Lipinski definition) is 7. The molecule has 1 N–H and O–H groups in total. The van der Waals surface area contributed by atoms with Crippen LogP contribution in [-0.4, -0.2) is 44.1 Å². The van der Waals surface area contributed by atoms with Crippen LogP contribution in [0.4, 0.5) is 0 Å². The van der Waals surface area contributed by atoms with E-state index in [1.54, 1.807) is 35.6 Å². The van der Waals surface area contributed by atoms with Crippen LogP contribution < -0.4 is 4.74 Å². The van der Waals surface area contributed by atoms with Crippen molar-refractivity contribution in [2.24, 2.45) is 0 Å². The Balaban J connectivity index is 1.41. The van der Waals surface area contributed by atoms with Crippen molar-refractivity contribution in [3.05, 3.63) is 88.4 Å². The summed E-state index contributed by atoms with van der Waals surface area (Å²) in [5.74, 6) is 1.89. The first-order chi connectivity index (χ1) is 15.6. The number of ketones is 1. The highest BCUT2D eigenvalue weighted by Crippen LogP contribution is 2.25. The monoisotopic (exact) mass is 465 g/mol. The Morgan fingerprint density at radius 3 is 2.56 bits per heavy atom. The summed E-state index contributed by atoms with van der Waals surface area (Å²) in [7, 11) is 0. The van der Waals surface area contributed by atoms with Crippen molar-refractivity contribution in [3.8, 4) is 11.4 Å². The van der Waals surface area contributed by atoms with Gasteiger partial charge in [-0.2, -0.15) is 0 Å². The topological polar surface area (TPSA) is 77.2 Å². The number of aliphatic hydroxyl groups is 1. The van der Waals surface area contributed by atoms with Gasteiger partial charge < -0.3 is 9.84 Å². The van der Waals surface area contributed by atoms with Gasteiger partial charge in [-0.15, -0.1) is 21.5 Å². The number of rotatable bonds is 10. The smallest absolute Gasteiger partial charge is 0.195 e. The highest BCUT2D eigenvalue weighted by Gasteiger charge is 2.17. The summed E-state index contributed by atoms with van der Waals surface area (Å²) in [6.07, 6.45) is 0.0105. The SMILES string of the molecule is CC(=O)c1ccc(OC[C@@H](O)CSc2nnc(Cc3cccs3)n2-c2ccccc2)cc1. The number of carbonyl (C=O) groups excluding carboxylic acids is 1. The molecule has 0 bridgehead atoms. The molecule has 6 nitrogen and oxygen atoms in total. The summed E-state index contributed by atoms with van der Waals surface area (Å²) in [4.78, 5) is 12.6. The Kier molecular flexibility index (Phi) is 7.36. The van der Waals surface area contributed by atoms with Crippen LogP contribution in [-0.2, 0) is 6.42 Å². The molecule has 0 amide bonds. The molecule has 0 radical (unpaired) electrons. The number of carbonyl (C=O) groups is 1. The first kappa shape index (κ1) is 22.3. The molecule has 2 aromatic heterocycles. The summed E-state index contributed by atoms with van der Waals surface area (Å²) in [5.41, 5.74) is 1.62. The van der Waals surface area contributed by atoms with Crippen LogP contribution in [0.3, 0.4) is 0 Å². The van der Waals surface area contributed by atoms with Gasteiger partial charge in [0.05, 0.1) is 6.10 Å². The molecule has 1 atom stereocenters. The molecule has 0 aliphatic carbocycles. The summed E-state index contributed by atoms with van der Waals surface area (Å²) >= 11 is 3.14. The average molecular weight is 466 g/mol. The van der Waals surface area contributed by atoms with Crippen LogP contribution in [0.5, 0.6) is 5.75 Å². The van der Waals surface area contributed by atoms with Crippen LogP contribution >= 0.6 is 23.1 Å². The van der Waals surface area contributed by atoms with Crippen LogP contribution in [0.2, 0.25) is 0 Å². The minimum atomic E-state index is -0.686. The number of thiophene rings is 1. The standard InChI is InChI=1S/C24H23N3O3S2/c1-17(28)18-9-11-21(12-10-18)30-15-20(29)16-32-24-26-25-23(14-22-8-5-13-31-22)27(24)19-6-3-2-4-7-19/h2-13,20,29H,14-16H2,1H3/t20-/m1/s1. The molecule has 4 rings (SSSR count). The zero-order valence-electron chi connectivity index (χ0n) is 17.5. The zero-order valence-corrected chi connectivity index (χ0v) is 19.2. The molecule has 0 fully saturated rings. The normalized spacial score (nSPS) is 11.9. The fraction of sp³-hybridized carbons (Fsp3) is 0.208. The van der Waals surface area contributed by atoms with E-state index in [0.717, 1.165) is 16.7 Å². The molecule has 0 saturated heterocycles. The number of hydrogen-bond donors (Lipinski definition) is 1. The van der Waals surface area contributed by atoms with Gasteiger partial charge in [-0.25, -0.2) is 0 Å². The van der Waals surface area contributed by atoms with E-state index in [1.165, 1.54) is 23.6 Å².